The maximum Gasteiger partial charge on any atom is 0.337 e. The molecular weight excluding hydrogens is 192 g/mol. The van der Waals surface area contributed by atoms with Crippen LogP contribution in [0, 0.1) is 6.92 Å². The highest BCUT2D eigenvalue weighted by molar-refractivity contribution is 6.16. The van der Waals surface area contributed by atoms with Gasteiger partial charge in [-0.1, -0.05) is 18.2 Å². The average molecular weight is 206 g/mol. The molecule has 0 unspecified atom stereocenters. The molecule has 0 heterocycles. The Labute approximate surface area is 89.3 Å². The number of ether oxygens (including phenoxy) is 2. The predicted molar refractivity (Wildman–Crippen MR) is 58.8 cm³/mol. The molecule has 0 bridgehead atoms. The lowest BCUT2D eigenvalue weighted by molar-refractivity contribution is -0.133. The number of hydrogen-bond acceptors (Lipinski definition) is 3. The molecule has 0 atom stereocenters. The molecule has 0 spiro atoms. The van der Waals surface area contributed by atoms with Crippen molar-refractivity contribution in [2.45, 2.75) is 6.92 Å². The first-order chi connectivity index (χ1) is 7.10. The number of esters is 1. The summed E-state index contributed by atoms with van der Waals surface area (Å²) in [6.07, 6.45) is 0. The van der Waals surface area contributed by atoms with Gasteiger partial charge < -0.3 is 9.47 Å². The van der Waals surface area contributed by atoms with Crippen molar-refractivity contribution in [1.82, 2.24) is 0 Å². The van der Waals surface area contributed by atoms with E-state index in [0.29, 0.717) is 16.9 Å². The topological polar surface area (TPSA) is 35.5 Å². The van der Waals surface area contributed by atoms with Crippen LogP contribution in [-0.2, 0) is 9.53 Å². The van der Waals surface area contributed by atoms with Gasteiger partial charge in [-0.2, -0.15) is 0 Å². The van der Waals surface area contributed by atoms with E-state index >= 15 is 0 Å². The summed E-state index contributed by atoms with van der Waals surface area (Å²) in [5, 5.41) is 0. The first-order valence-electron chi connectivity index (χ1n) is 4.52. The molecule has 3 heteroatoms. The highest BCUT2D eigenvalue weighted by atomic mass is 16.5. The Morgan fingerprint density at radius 1 is 1.33 bits per heavy atom. The molecule has 0 aliphatic heterocycles. The van der Waals surface area contributed by atoms with E-state index in [1.165, 1.54) is 7.11 Å². The lowest BCUT2D eigenvalue weighted by atomic mass is 10.0. The van der Waals surface area contributed by atoms with Crippen molar-refractivity contribution in [3.05, 3.63) is 35.9 Å². The van der Waals surface area contributed by atoms with E-state index in [4.69, 9.17) is 4.74 Å². The Morgan fingerprint density at radius 3 is 2.53 bits per heavy atom. The van der Waals surface area contributed by atoms with Gasteiger partial charge in [-0.05, 0) is 19.1 Å². The first-order valence-corrected chi connectivity index (χ1v) is 4.52. The molecule has 3 nitrogen and oxygen atoms in total. The molecule has 0 radical (unpaired) electrons. The van der Waals surface area contributed by atoms with E-state index in [9.17, 15) is 4.79 Å². The third-order valence-electron chi connectivity index (χ3n) is 2.11. The summed E-state index contributed by atoms with van der Waals surface area (Å²) in [5.41, 5.74) is 2.01. The monoisotopic (exact) mass is 206 g/mol. The summed E-state index contributed by atoms with van der Waals surface area (Å²) in [6.45, 7) is 5.63. The van der Waals surface area contributed by atoms with Gasteiger partial charge in [-0.15, -0.1) is 0 Å². The molecule has 0 aliphatic rings. The van der Waals surface area contributed by atoms with E-state index in [2.05, 4.69) is 11.3 Å². The van der Waals surface area contributed by atoms with Gasteiger partial charge in [0.15, 0.2) is 0 Å². The Morgan fingerprint density at radius 2 is 2.00 bits per heavy atom. The van der Waals surface area contributed by atoms with Gasteiger partial charge >= 0.3 is 5.97 Å². The second-order valence-corrected chi connectivity index (χ2v) is 3.17. The number of carbonyl (C=O) groups is 1. The molecule has 0 aliphatic carbocycles. The number of benzene rings is 1. The van der Waals surface area contributed by atoms with E-state index in [0.717, 1.165) is 5.56 Å². The first kappa shape index (κ1) is 11.3. The van der Waals surface area contributed by atoms with Crippen LogP contribution in [0.25, 0.3) is 5.57 Å². The van der Waals surface area contributed by atoms with Crippen molar-refractivity contribution in [3.63, 3.8) is 0 Å². The minimum Gasteiger partial charge on any atom is -0.496 e. The lowest BCUT2D eigenvalue weighted by Gasteiger charge is -2.10. The molecule has 0 fully saturated rings. The fourth-order valence-electron chi connectivity index (χ4n) is 1.29. The maximum absolute atomic E-state index is 11.3. The van der Waals surface area contributed by atoms with E-state index < -0.39 is 5.97 Å². The maximum atomic E-state index is 11.3. The van der Waals surface area contributed by atoms with Crippen molar-refractivity contribution in [3.8, 4) is 5.75 Å². The Hall–Kier alpha value is -1.77. The van der Waals surface area contributed by atoms with Crippen molar-refractivity contribution in [2.75, 3.05) is 14.2 Å². The molecule has 0 saturated carbocycles. The summed E-state index contributed by atoms with van der Waals surface area (Å²) in [4.78, 5) is 11.3. The molecule has 0 amide bonds. The predicted octanol–water partition coefficient (Wildman–Crippen LogP) is 2.19. The van der Waals surface area contributed by atoms with Crippen LogP contribution >= 0.6 is 0 Å². The molecule has 0 N–H and O–H groups in total. The third-order valence-corrected chi connectivity index (χ3v) is 2.11. The van der Waals surface area contributed by atoms with Gasteiger partial charge in [0.05, 0.1) is 19.8 Å². The van der Waals surface area contributed by atoms with Crippen LogP contribution in [0.2, 0.25) is 0 Å². The minimum atomic E-state index is -0.445. The van der Waals surface area contributed by atoms with Gasteiger partial charge in [-0.3, -0.25) is 0 Å². The van der Waals surface area contributed by atoms with Crippen molar-refractivity contribution >= 4 is 11.5 Å². The fourth-order valence-corrected chi connectivity index (χ4v) is 1.29. The zero-order valence-corrected chi connectivity index (χ0v) is 9.16. The smallest absolute Gasteiger partial charge is 0.337 e. The molecular formula is C12H14O3. The molecule has 0 aromatic heterocycles. The van der Waals surface area contributed by atoms with Crippen LogP contribution in [0.5, 0.6) is 5.75 Å². The Kier molecular flexibility index (Phi) is 3.50. The quantitative estimate of drug-likeness (QED) is 0.561. The summed E-state index contributed by atoms with van der Waals surface area (Å²) < 4.78 is 9.76. The number of hydrogen-bond donors (Lipinski definition) is 0. The second kappa shape index (κ2) is 4.64. The lowest BCUT2D eigenvalue weighted by Crippen LogP contribution is -2.04. The van der Waals surface area contributed by atoms with E-state index in [1.54, 1.807) is 13.2 Å². The highest BCUT2D eigenvalue weighted by Gasteiger charge is 2.14. The second-order valence-electron chi connectivity index (χ2n) is 3.17. The van der Waals surface area contributed by atoms with Crippen LogP contribution in [0.3, 0.4) is 0 Å². The normalized spacial score (nSPS) is 9.53. The SMILES string of the molecule is C=C(C(=O)OC)c1cc(C)ccc1OC. The van der Waals surface area contributed by atoms with Crippen LogP contribution in [0.4, 0.5) is 0 Å². The molecule has 0 saturated heterocycles. The zero-order valence-electron chi connectivity index (χ0n) is 9.16. The molecule has 1 rings (SSSR count). The van der Waals surface area contributed by atoms with Crippen molar-refractivity contribution in [2.24, 2.45) is 0 Å². The number of methoxy groups -OCH3 is 2. The molecule has 1 aromatic rings. The van der Waals surface area contributed by atoms with Gasteiger partial charge in [0, 0.05) is 5.56 Å². The standard InChI is InChI=1S/C12H14O3/c1-8-5-6-11(14-3)10(7-8)9(2)12(13)15-4/h5-7H,2H2,1,3-4H3. The van der Waals surface area contributed by atoms with Gasteiger partial charge in [0.25, 0.3) is 0 Å². The van der Waals surface area contributed by atoms with E-state index in [1.807, 2.05) is 19.1 Å². The van der Waals surface area contributed by atoms with Crippen LogP contribution in [-0.4, -0.2) is 20.2 Å². The number of carbonyl (C=O) groups excluding carboxylic acids is 1. The Balaban J connectivity index is 3.17. The largest absolute Gasteiger partial charge is 0.496 e. The molecule has 1 aromatic carbocycles. The van der Waals surface area contributed by atoms with Gasteiger partial charge in [0.1, 0.15) is 5.75 Å². The number of aryl methyl sites for hydroxylation is 1. The van der Waals surface area contributed by atoms with Gasteiger partial charge in [-0.25, -0.2) is 4.79 Å². The van der Waals surface area contributed by atoms with E-state index in [-0.39, 0.29) is 0 Å². The average Bonchev–Trinajstić information content (AvgIpc) is 2.27. The number of rotatable bonds is 3. The van der Waals surface area contributed by atoms with Crippen LogP contribution < -0.4 is 4.74 Å². The zero-order chi connectivity index (χ0) is 11.4. The summed E-state index contributed by atoms with van der Waals surface area (Å²) in [5.74, 6) is 0.176. The van der Waals surface area contributed by atoms with Crippen molar-refractivity contribution in [1.29, 1.82) is 0 Å². The molecule has 80 valence electrons. The highest BCUT2D eigenvalue weighted by Crippen LogP contribution is 2.26. The Bertz CT molecular complexity index is 394. The van der Waals surface area contributed by atoms with Crippen molar-refractivity contribution < 1.29 is 14.3 Å². The van der Waals surface area contributed by atoms with Gasteiger partial charge in [0.2, 0.25) is 0 Å². The summed E-state index contributed by atoms with van der Waals surface area (Å²) >= 11 is 0. The summed E-state index contributed by atoms with van der Waals surface area (Å²) in [7, 11) is 2.88. The third kappa shape index (κ3) is 2.37. The molecule has 15 heavy (non-hydrogen) atoms. The van der Waals surface area contributed by atoms with Crippen LogP contribution in [0.1, 0.15) is 11.1 Å². The minimum absolute atomic E-state index is 0.304. The van der Waals surface area contributed by atoms with Crippen LogP contribution in [0.15, 0.2) is 24.8 Å². The summed E-state index contributed by atoms with van der Waals surface area (Å²) in [6, 6.07) is 5.56. The fraction of sp³-hybridized carbons (Fsp3) is 0.250.